The number of methoxy groups -OCH3 is 1. The maximum atomic E-state index is 12.2. The second-order valence-electron chi connectivity index (χ2n) is 3.48. The molecule has 0 aliphatic rings. The molecule has 1 aromatic heterocycles. The molecule has 0 bridgehead atoms. The standard InChI is InChI=1S/C11H14Cl2N2O3/c1-18-7-5-15(4-6-16)11(17)8-2-3-9(12)14-10(8)13/h2-3,16H,4-7H2,1H3. The molecule has 0 aliphatic carbocycles. The van der Waals surface area contributed by atoms with Crippen molar-refractivity contribution >= 4 is 29.1 Å². The minimum atomic E-state index is -0.310. The summed E-state index contributed by atoms with van der Waals surface area (Å²) in [7, 11) is 1.54. The van der Waals surface area contributed by atoms with Gasteiger partial charge < -0.3 is 14.7 Å². The molecular formula is C11H14Cl2N2O3. The van der Waals surface area contributed by atoms with Crippen LogP contribution in [0.4, 0.5) is 0 Å². The predicted molar refractivity (Wildman–Crippen MR) is 69.1 cm³/mol. The number of hydrogen-bond donors (Lipinski definition) is 1. The highest BCUT2D eigenvalue weighted by Gasteiger charge is 2.18. The van der Waals surface area contributed by atoms with Crippen molar-refractivity contribution < 1.29 is 14.6 Å². The zero-order valence-electron chi connectivity index (χ0n) is 9.90. The van der Waals surface area contributed by atoms with Gasteiger partial charge in [0.1, 0.15) is 10.3 Å². The van der Waals surface area contributed by atoms with Crippen molar-refractivity contribution in [3.8, 4) is 0 Å². The van der Waals surface area contributed by atoms with Crippen LogP contribution in [0.1, 0.15) is 10.4 Å². The second kappa shape index (κ2) is 7.53. The molecule has 18 heavy (non-hydrogen) atoms. The Hall–Kier alpha value is -0.880. The van der Waals surface area contributed by atoms with Crippen LogP contribution in [0.2, 0.25) is 10.3 Å². The third kappa shape index (κ3) is 4.10. The van der Waals surface area contributed by atoms with Gasteiger partial charge in [0, 0.05) is 20.2 Å². The van der Waals surface area contributed by atoms with Crippen molar-refractivity contribution in [2.45, 2.75) is 0 Å². The third-order valence-electron chi connectivity index (χ3n) is 2.27. The van der Waals surface area contributed by atoms with Crippen molar-refractivity contribution in [1.29, 1.82) is 0 Å². The fraction of sp³-hybridized carbons (Fsp3) is 0.455. The molecule has 0 fully saturated rings. The zero-order chi connectivity index (χ0) is 13.5. The Morgan fingerprint density at radius 3 is 2.72 bits per heavy atom. The van der Waals surface area contributed by atoms with Crippen LogP contribution in [-0.2, 0) is 4.74 Å². The van der Waals surface area contributed by atoms with E-state index in [2.05, 4.69) is 4.98 Å². The van der Waals surface area contributed by atoms with Gasteiger partial charge in [0.25, 0.3) is 5.91 Å². The number of rotatable bonds is 6. The number of aromatic nitrogens is 1. The Balaban J connectivity index is 2.87. The SMILES string of the molecule is COCCN(CCO)C(=O)c1ccc(Cl)nc1Cl. The van der Waals surface area contributed by atoms with E-state index in [1.165, 1.54) is 17.0 Å². The van der Waals surface area contributed by atoms with E-state index in [4.69, 9.17) is 33.0 Å². The second-order valence-corrected chi connectivity index (χ2v) is 4.23. The van der Waals surface area contributed by atoms with Crippen molar-refractivity contribution in [1.82, 2.24) is 9.88 Å². The first-order valence-corrected chi connectivity index (χ1v) is 6.07. The first kappa shape index (κ1) is 15.2. The van der Waals surface area contributed by atoms with Crippen molar-refractivity contribution in [2.75, 3.05) is 33.4 Å². The van der Waals surface area contributed by atoms with Crippen molar-refractivity contribution in [3.05, 3.63) is 28.0 Å². The molecule has 0 saturated heterocycles. The van der Waals surface area contributed by atoms with Gasteiger partial charge in [-0.1, -0.05) is 23.2 Å². The fourth-order valence-electron chi connectivity index (χ4n) is 1.38. The topological polar surface area (TPSA) is 62.7 Å². The normalized spacial score (nSPS) is 10.4. The molecule has 1 amide bonds. The number of carbonyl (C=O) groups excluding carboxylic acids is 1. The number of carbonyl (C=O) groups is 1. The smallest absolute Gasteiger partial charge is 0.257 e. The highest BCUT2D eigenvalue weighted by Crippen LogP contribution is 2.18. The number of pyridine rings is 1. The van der Waals surface area contributed by atoms with Gasteiger partial charge in [-0.15, -0.1) is 0 Å². The van der Waals surface area contributed by atoms with Crippen LogP contribution in [0, 0.1) is 0 Å². The molecule has 1 heterocycles. The number of ether oxygens (including phenoxy) is 1. The van der Waals surface area contributed by atoms with Gasteiger partial charge in [-0.2, -0.15) is 0 Å². The van der Waals surface area contributed by atoms with Gasteiger partial charge in [0.15, 0.2) is 0 Å². The van der Waals surface area contributed by atoms with E-state index in [1.807, 2.05) is 0 Å². The highest BCUT2D eigenvalue weighted by molar-refractivity contribution is 6.34. The maximum absolute atomic E-state index is 12.2. The van der Waals surface area contributed by atoms with E-state index >= 15 is 0 Å². The van der Waals surface area contributed by atoms with Crippen molar-refractivity contribution in [3.63, 3.8) is 0 Å². The Labute approximate surface area is 115 Å². The molecule has 0 saturated carbocycles. The quantitative estimate of drug-likeness (QED) is 0.807. The minimum Gasteiger partial charge on any atom is -0.395 e. The van der Waals surface area contributed by atoms with E-state index < -0.39 is 0 Å². The lowest BCUT2D eigenvalue weighted by Crippen LogP contribution is -2.36. The number of aliphatic hydroxyl groups is 1. The Morgan fingerprint density at radius 2 is 2.17 bits per heavy atom. The molecule has 1 N–H and O–H groups in total. The number of halogens is 2. The first-order valence-electron chi connectivity index (χ1n) is 5.31. The third-order valence-corrected chi connectivity index (χ3v) is 2.77. The summed E-state index contributed by atoms with van der Waals surface area (Å²) in [5, 5.41) is 9.21. The Kier molecular flexibility index (Phi) is 6.35. The fourth-order valence-corrected chi connectivity index (χ4v) is 1.80. The Morgan fingerprint density at radius 1 is 1.44 bits per heavy atom. The van der Waals surface area contributed by atoms with Crippen LogP contribution in [0.25, 0.3) is 0 Å². The highest BCUT2D eigenvalue weighted by atomic mass is 35.5. The van der Waals surface area contributed by atoms with Gasteiger partial charge >= 0.3 is 0 Å². The lowest BCUT2D eigenvalue weighted by Gasteiger charge is -2.21. The summed E-state index contributed by atoms with van der Waals surface area (Å²) in [6, 6.07) is 3.01. The Bertz CT molecular complexity index is 415. The summed E-state index contributed by atoms with van der Waals surface area (Å²) >= 11 is 11.5. The number of hydrogen-bond acceptors (Lipinski definition) is 4. The molecule has 0 unspecified atom stereocenters. The van der Waals surface area contributed by atoms with E-state index in [-0.39, 0.29) is 34.9 Å². The molecule has 0 aromatic carbocycles. The summed E-state index contributed by atoms with van der Waals surface area (Å²) in [5.74, 6) is -0.310. The molecule has 5 nitrogen and oxygen atoms in total. The monoisotopic (exact) mass is 292 g/mol. The molecule has 1 aromatic rings. The van der Waals surface area contributed by atoms with Crippen LogP contribution in [0.3, 0.4) is 0 Å². The summed E-state index contributed by atoms with van der Waals surface area (Å²) in [4.78, 5) is 17.4. The molecule has 100 valence electrons. The summed E-state index contributed by atoms with van der Waals surface area (Å²) in [5.41, 5.74) is 0.255. The first-order chi connectivity index (χ1) is 8.60. The molecule has 0 aliphatic heterocycles. The summed E-state index contributed by atoms with van der Waals surface area (Å²) in [6.45, 7) is 0.828. The summed E-state index contributed by atoms with van der Waals surface area (Å²) < 4.78 is 4.91. The van der Waals surface area contributed by atoms with Gasteiger partial charge in [-0.05, 0) is 12.1 Å². The van der Waals surface area contributed by atoms with E-state index in [0.29, 0.717) is 13.2 Å². The average Bonchev–Trinajstić information content (AvgIpc) is 2.33. The minimum absolute atomic E-state index is 0.0489. The van der Waals surface area contributed by atoms with Crippen LogP contribution in [-0.4, -0.2) is 54.3 Å². The van der Waals surface area contributed by atoms with Crippen LogP contribution in [0.15, 0.2) is 12.1 Å². The summed E-state index contributed by atoms with van der Waals surface area (Å²) in [6.07, 6.45) is 0. The van der Waals surface area contributed by atoms with Crippen LogP contribution < -0.4 is 0 Å². The lowest BCUT2D eigenvalue weighted by molar-refractivity contribution is 0.0656. The van der Waals surface area contributed by atoms with Crippen LogP contribution in [0.5, 0.6) is 0 Å². The van der Waals surface area contributed by atoms with E-state index in [1.54, 1.807) is 7.11 Å². The van der Waals surface area contributed by atoms with Crippen LogP contribution >= 0.6 is 23.2 Å². The van der Waals surface area contributed by atoms with Crippen molar-refractivity contribution in [2.24, 2.45) is 0 Å². The van der Waals surface area contributed by atoms with Gasteiger partial charge in [-0.3, -0.25) is 4.79 Å². The predicted octanol–water partition coefficient (Wildman–Crippen LogP) is 1.47. The maximum Gasteiger partial charge on any atom is 0.257 e. The van der Waals surface area contributed by atoms with E-state index in [9.17, 15) is 4.79 Å². The number of amides is 1. The number of nitrogens with zero attached hydrogens (tertiary/aromatic N) is 2. The molecule has 0 radical (unpaired) electrons. The van der Waals surface area contributed by atoms with E-state index in [0.717, 1.165) is 0 Å². The molecule has 0 spiro atoms. The molecular weight excluding hydrogens is 279 g/mol. The van der Waals surface area contributed by atoms with Gasteiger partial charge in [-0.25, -0.2) is 4.98 Å². The molecule has 0 atom stereocenters. The average molecular weight is 293 g/mol. The van der Waals surface area contributed by atoms with Gasteiger partial charge in [0.05, 0.1) is 18.8 Å². The molecule has 1 rings (SSSR count). The number of aliphatic hydroxyl groups excluding tert-OH is 1. The largest absolute Gasteiger partial charge is 0.395 e. The molecule has 7 heteroatoms. The lowest BCUT2D eigenvalue weighted by atomic mass is 10.2. The van der Waals surface area contributed by atoms with Gasteiger partial charge in [0.2, 0.25) is 0 Å². The zero-order valence-corrected chi connectivity index (χ0v) is 11.4.